The SMILES string of the molecule is COc1cccc(NC(=O)N2CC(C(=O)NCc3cccc(C(F)(F)F)c3)CC(c3ccccc3)C2)c1. The molecule has 3 amide bonds. The number of rotatable bonds is 6. The quantitative estimate of drug-likeness (QED) is 0.448. The maximum atomic E-state index is 13.2. The predicted molar refractivity (Wildman–Crippen MR) is 134 cm³/mol. The largest absolute Gasteiger partial charge is 0.497 e. The van der Waals surface area contributed by atoms with Crippen LogP contribution in [0.4, 0.5) is 23.7 Å². The lowest BCUT2D eigenvalue weighted by atomic mass is 9.84. The van der Waals surface area contributed by atoms with Crippen LogP contribution >= 0.6 is 0 Å². The number of benzene rings is 3. The van der Waals surface area contributed by atoms with Gasteiger partial charge in [-0.3, -0.25) is 4.79 Å². The van der Waals surface area contributed by atoms with E-state index < -0.39 is 17.7 Å². The van der Waals surface area contributed by atoms with Gasteiger partial charge in [0.05, 0.1) is 18.6 Å². The normalized spacial score (nSPS) is 17.7. The molecular weight excluding hydrogens is 483 g/mol. The maximum absolute atomic E-state index is 13.2. The van der Waals surface area contributed by atoms with E-state index in [-0.39, 0.29) is 30.9 Å². The molecule has 0 saturated carbocycles. The van der Waals surface area contributed by atoms with Crippen molar-refractivity contribution in [3.8, 4) is 5.75 Å². The number of carbonyl (C=O) groups is 2. The van der Waals surface area contributed by atoms with Crippen LogP contribution in [0.5, 0.6) is 5.75 Å². The molecule has 194 valence electrons. The number of methoxy groups -OCH3 is 1. The van der Waals surface area contributed by atoms with Crippen molar-refractivity contribution in [3.05, 3.63) is 95.6 Å². The molecular formula is C28H28F3N3O3. The van der Waals surface area contributed by atoms with Gasteiger partial charge in [0.2, 0.25) is 5.91 Å². The number of ether oxygens (including phenoxy) is 1. The second kappa shape index (κ2) is 11.4. The average Bonchev–Trinajstić information content (AvgIpc) is 2.91. The standard InChI is InChI=1S/C28H28F3N3O3/c1-37-25-12-6-11-24(15-25)33-27(36)34-17-21(20-8-3-2-4-9-20)14-22(18-34)26(35)32-16-19-7-5-10-23(13-19)28(29,30)31/h2-13,15,21-22H,14,16-18H2,1H3,(H,32,35)(H,33,36). The van der Waals surface area contributed by atoms with Gasteiger partial charge < -0.3 is 20.3 Å². The van der Waals surface area contributed by atoms with Gasteiger partial charge in [-0.1, -0.05) is 48.5 Å². The molecule has 4 rings (SSSR count). The van der Waals surface area contributed by atoms with E-state index in [0.29, 0.717) is 30.0 Å². The van der Waals surface area contributed by atoms with Gasteiger partial charge in [0, 0.05) is 37.3 Å². The molecule has 1 heterocycles. The highest BCUT2D eigenvalue weighted by molar-refractivity contribution is 5.90. The number of likely N-dealkylation sites (tertiary alicyclic amines) is 1. The predicted octanol–water partition coefficient (Wildman–Crippen LogP) is 5.67. The lowest BCUT2D eigenvalue weighted by Crippen LogP contribution is -2.49. The Morgan fingerprint density at radius 2 is 1.73 bits per heavy atom. The molecule has 1 aliphatic heterocycles. The number of nitrogens with one attached hydrogen (secondary N) is 2. The average molecular weight is 512 g/mol. The van der Waals surface area contributed by atoms with Gasteiger partial charge in [0.1, 0.15) is 5.75 Å². The Morgan fingerprint density at radius 3 is 2.46 bits per heavy atom. The van der Waals surface area contributed by atoms with Gasteiger partial charge in [0.15, 0.2) is 0 Å². The number of urea groups is 1. The summed E-state index contributed by atoms with van der Waals surface area (Å²) in [5, 5.41) is 5.63. The molecule has 0 aliphatic carbocycles. The van der Waals surface area contributed by atoms with Crippen molar-refractivity contribution in [2.75, 3.05) is 25.5 Å². The third kappa shape index (κ3) is 6.81. The van der Waals surface area contributed by atoms with E-state index in [0.717, 1.165) is 17.7 Å². The van der Waals surface area contributed by atoms with E-state index in [9.17, 15) is 22.8 Å². The van der Waals surface area contributed by atoms with Crippen LogP contribution in [0.3, 0.4) is 0 Å². The second-order valence-electron chi connectivity index (χ2n) is 9.02. The van der Waals surface area contributed by atoms with Gasteiger partial charge in [-0.25, -0.2) is 4.79 Å². The number of amides is 3. The molecule has 0 bridgehead atoms. The van der Waals surface area contributed by atoms with Crippen LogP contribution in [0.25, 0.3) is 0 Å². The number of nitrogens with zero attached hydrogens (tertiary/aromatic N) is 1. The number of alkyl halides is 3. The summed E-state index contributed by atoms with van der Waals surface area (Å²) in [5.41, 5.74) is 1.17. The van der Waals surface area contributed by atoms with Crippen molar-refractivity contribution in [1.29, 1.82) is 0 Å². The van der Waals surface area contributed by atoms with Gasteiger partial charge in [0.25, 0.3) is 0 Å². The maximum Gasteiger partial charge on any atom is 0.416 e. The molecule has 9 heteroatoms. The van der Waals surface area contributed by atoms with Gasteiger partial charge in [-0.15, -0.1) is 0 Å². The summed E-state index contributed by atoms with van der Waals surface area (Å²) in [6.45, 7) is 0.579. The zero-order valence-corrected chi connectivity index (χ0v) is 20.3. The first-order chi connectivity index (χ1) is 17.7. The number of hydrogen-bond acceptors (Lipinski definition) is 3. The third-order valence-electron chi connectivity index (χ3n) is 6.42. The number of carbonyl (C=O) groups excluding carboxylic acids is 2. The summed E-state index contributed by atoms with van der Waals surface area (Å²) in [6.07, 6.45) is -3.94. The van der Waals surface area contributed by atoms with Crippen LogP contribution in [-0.4, -0.2) is 37.0 Å². The van der Waals surface area contributed by atoms with Crippen molar-refractivity contribution in [3.63, 3.8) is 0 Å². The lowest BCUT2D eigenvalue weighted by molar-refractivity contribution is -0.137. The number of halogens is 3. The number of hydrogen-bond donors (Lipinski definition) is 2. The molecule has 3 aromatic rings. The number of anilines is 1. The van der Waals surface area contributed by atoms with E-state index in [1.54, 1.807) is 36.3 Å². The zero-order valence-electron chi connectivity index (χ0n) is 20.3. The Hall–Kier alpha value is -4.01. The Balaban J connectivity index is 1.47. The zero-order chi connectivity index (χ0) is 26.4. The molecule has 3 aromatic carbocycles. The molecule has 2 atom stereocenters. The number of piperidine rings is 1. The van der Waals surface area contributed by atoms with Crippen molar-refractivity contribution < 1.29 is 27.5 Å². The van der Waals surface area contributed by atoms with Gasteiger partial charge in [-0.05, 0) is 41.8 Å². The van der Waals surface area contributed by atoms with Crippen LogP contribution in [0.15, 0.2) is 78.9 Å². The molecule has 37 heavy (non-hydrogen) atoms. The summed E-state index contributed by atoms with van der Waals surface area (Å²) in [6, 6.07) is 21.2. The summed E-state index contributed by atoms with van der Waals surface area (Å²) in [7, 11) is 1.54. The van der Waals surface area contributed by atoms with E-state index >= 15 is 0 Å². The first-order valence-electron chi connectivity index (χ1n) is 11.9. The van der Waals surface area contributed by atoms with Gasteiger partial charge in [-0.2, -0.15) is 13.2 Å². The van der Waals surface area contributed by atoms with Crippen molar-refractivity contribution in [1.82, 2.24) is 10.2 Å². The minimum atomic E-state index is -4.46. The molecule has 6 nitrogen and oxygen atoms in total. The Morgan fingerprint density at radius 1 is 0.973 bits per heavy atom. The fraction of sp³-hybridized carbons (Fsp3) is 0.286. The monoisotopic (exact) mass is 511 g/mol. The first-order valence-corrected chi connectivity index (χ1v) is 11.9. The molecule has 1 saturated heterocycles. The molecule has 0 aromatic heterocycles. The smallest absolute Gasteiger partial charge is 0.416 e. The second-order valence-corrected chi connectivity index (χ2v) is 9.02. The van der Waals surface area contributed by atoms with Crippen molar-refractivity contribution >= 4 is 17.6 Å². The van der Waals surface area contributed by atoms with Crippen LogP contribution < -0.4 is 15.4 Å². The van der Waals surface area contributed by atoms with E-state index in [1.165, 1.54) is 12.1 Å². The lowest BCUT2D eigenvalue weighted by Gasteiger charge is -2.37. The fourth-order valence-electron chi connectivity index (χ4n) is 4.52. The van der Waals surface area contributed by atoms with Crippen LogP contribution in [0, 0.1) is 5.92 Å². The van der Waals surface area contributed by atoms with Gasteiger partial charge >= 0.3 is 12.2 Å². The van der Waals surface area contributed by atoms with Crippen molar-refractivity contribution in [2.45, 2.75) is 25.1 Å². The fourth-order valence-corrected chi connectivity index (χ4v) is 4.52. The minimum Gasteiger partial charge on any atom is -0.497 e. The Bertz CT molecular complexity index is 1230. The summed E-state index contributed by atoms with van der Waals surface area (Å²) in [5.74, 6) is -0.307. The third-order valence-corrected chi connectivity index (χ3v) is 6.42. The van der Waals surface area contributed by atoms with Crippen LogP contribution in [0.1, 0.15) is 29.0 Å². The molecule has 2 unspecified atom stereocenters. The topological polar surface area (TPSA) is 70.7 Å². The minimum absolute atomic E-state index is 0.0364. The Kier molecular flexibility index (Phi) is 8.01. The van der Waals surface area contributed by atoms with Crippen molar-refractivity contribution in [2.24, 2.45) is 5.92 Å². The molecule has 0 radical (unpaired) electrons. The summed E-state index contributed by atoms with van der Waals surface area (Å²) in [4.78, 5) is 27.9. The molecule has 0 spiro atoms. The molecule has 1 fully saturated rings. The highest BCUT2D eigenvalue weighted by atomic mass is 19.4. The highest BCUT2D eigenvalue weighted by Gasteiger charge is 2.35. The summed E-state index contributed by atoms with van der Waals surface area (Å²) >= 11 is 0. The van der Waals surface area contributed by atoms with Crippen LogP contribution in [0.2, 0.25) is 0 Å². The molecule has 1 aliphatic rings. The Labute approximate surface area is 213 Å². The van der Waals surface area contributed by atoms with E-state index in [1.807, 2.05) is 30.3 Å². The highest BCUT2D eigenvalue weighted by Crippen LogP contribution is 2.32. The van der Waals surface area contributed by atoms with E-state index in [2.05, 4.69) is 10.6 Å². The van der Waals surface area contributed by atoms with Crippen LogP contribution in [-0.2, 0) is 17.5 Å². The first kappa shape index (κ1) is 26.1. The van der Waals surface area contributed by atoms with E-state index in [4.69, 9.17) is 4.74 Å². The molecule has 2 N–H and O–H groups in total. The summed E-state index contributed by atoms with van der Waals surface area (Å²) < 4.78 is 44.3.